The molecule has 0 radical (unpaired) electrons. The zero-order valence-corrected chi connectivity index (χ0v) is 18.3. The number of benzene rings is 2. The van der Waals surface area contributed by atoms with Crippen LogP contribution in [0.1, 0.15) is 29.3 Å². The first-order chi connectivity index (χ1) is 16.3. The Morgan fingerprint density at radius 3 is 2.35 bits per heavy atom. The van der Waals surface area contributed by atoms with E-state index in [1.807, 2.05) is 24.3 Å². The molecular formula is C24H23F3N6O. The number of amides is 1. The summed E-state index contributed by atoms with van der Waals surface area (Å²) in [5, 5.41) is 8.58. The van der Waals surface area contributed by atoms with Crippen molar-refractivity contribution in [2.45, 2.75) is 25.9 Å². The van der Waals surface area contributed by atoms with Gasteiger partial charge >= 0.3 is 6.18 Å². The minimum absolute atomic E-state index is 0.0621. The van der Waals surface area contributed by atoms with E-state index in [2.05, 4.69) is 37.8 Å². The average molecular weight is 468 g/mol. The number of fused-ring (bicyclic) bond motifs is 1. The van der Waals surface area contributed by atoms with Crippen molar-refractivity contribution in [2.75, 3.05) is 22.5 Å². The number of aryl methyl sites for hydroxylation is 1. The van der Waals surface area contributed by atoms with E-state index in [1.165, 1.54) is 5.56 Å². The molecule has 1 amide bonds. The molecule has 0 aliphatic rings. The van der Waals surface area contributed by atoms with E-state index in [1.54, 1.807) is 36.5 Å². The van der Waals surface area contributed by atoms with Gasteiger partial charge in [-0.1, -0.05) is 25.5 Å². The highest BCUT2D eigenvalue weighted by atomic mass is 19.4. The van der Waals surface area contributed by atoms with E-state index >= 15 is 0 Å². The number of rotatable bonds is 8. The van der Waals surface area contributed by atoms with Crippen molar-refractivity contribution in [3.63, 3.8) is 0 Å². The minimum Gasteiger partial charge on any atom is -0.360 e. The highest BCUT2D eigenvalue weighted by Gasteiger charge is 2.27. The highest BCUT2D eigenvalue weighted by molar-refractivity contribution is 6.04. The van der Waals surface area contributed by atoms with Gasteiger partial charge in [0.25, 0.3) is 5.91 Å². The maximum absolute atomic E-state index is 12.6. The van der Waals surface area contributed by atoms with Gasteiger partial charge in [0.1, 0.15) is 18.0 Å². The Bertz CT molecular complexity index is 1270. The first-order valence-electron chi connectivity index (χ1n) is 10.7. The van der Waals surface area contributed by atoms with Crippen molar-refractivity contribution in [3.8, 4) is 0 Å². The number of alkyl halides is 3. The summed E-state index contributed by atoms with van der Waals surface area (Å²) in [7, 11) is 0. The number of carbonyl (C=O) groups excluding carboxylic acids is 1. The van der Waals surface area contributed by atoms with Gasteiger partial charge < -0.3 is 20.9 Å². The number of anilines is 4. The lowest BCUT2D eigenvalue weighted by Crippen LogP contribution is -2.22. The number of H-pyrrole nitrogens is 1. The molecule has 4 rings (SSSR count). The molecule has 34 heavy (non-hydrogen) atoms. The van der Waals surface area contributed by atoms with Gasteiger partial charge in [0.2, 0.25) is 5.95 Å². The molecule has 4 N–H and O–H groups in total. The summed E-state index contributed by atoms with van der Waals surface area (Å²) in [6.07, 6.45) is -0.758. The molecule has 0 saturated carbocycles. The molecule has 2 aromatic heterocycles. The molecule has 2 aromatic carbocycles. The Hall–Kier alpha value is -4.08. The Balaban J connectivity index is 1.44. The number of hydrogen-bond acceptors (Lipinski definition) is 5. The summed E-state index contributed by atoms with van der Waals surface area (Å²) >= 11 is 0. The van der Waals surface area contributed by atoms with E-state index in [4.69, 9.17) is 0 Å². The lowest BCUT2D eigenvalue weighted by atomic mass is 10.1. The Morgan fingerprint density at radius 1 is 0.971 bits per heavy atom. The van der Waals surface area contributed by atoms with Gasteiger partial charge in [-0.05, 0) is 54.4 Å². The molecule has 176 valence electrons. The number of halogens is 3. The standard InChI is InChI=1S/C24H23F3N6O/c1-2-3-15-4-8-17(9-5-15)30-22(34)16-6-10-18(11-7-16)31-23-32-20-19(12-13-28-20)21(33-23)29-14-24(25,26)27/h4-13H,2-3,14H2,1H3,(H,30,34)(H3,28,29,31,32,33). The fourth-order valence-electron chi connectivity index (χ4n) is 3.40. The number of aromatic nitrogens is 3. The quantitative estimate of drug-likeness (QED) is 0.259. The highest BCUT2D eigenvalue weighted by Crippen LogP contribution is 2.25. The molecule has 0 aliphatic carbocycles. The number of aromatic amines is 1. The summed E-state index contributed by atoms with van der Waals surface area (Å²) in [6, 6.07) is 15.9. The van der Waals surface area contributed by atoms with Crippen LogP contribution in [0.25, 0.3) is 11.0 Å². The first-order valence-corrected chi connectivity index (χ1v) is 10.7. The Kier molecular flexibility index (Phi) is 6.67. The Morgan fingerprint density at radius 2 is 1.68 bits per heavy atom. The monoisotopic (exact) mass is 468 g/mol. The van der Waals surface area contributed by atoms with Crippen molar-refractivity contribution in [1.29, 1.82) is 0 Å². The molecular weight excluding hydrogens is 445 g/mol. The largest absolute Gasteiger partial charge is 0.405 e. The van der Waals surface area contributed by atoms with Crippen LogP contribution in [-0.4, -0.2) is 33.6 Å². The average Bonchev–Trinajstić information content (AvgIpc) is 3.28. The van der Waals surface area contributed by atoms with Gasteiger partial charge in [-0.3, -0.25) is 4.79 Å². The lowest BCUT2D eigenvalue weighted by molar-refractivity contribution is -0.115. The molecule has 0 aliphatic heterocycles. The van der Waals surface area contributed by atoms with Crippen LogP contribution in [0.4, 0.5) is 36.3 Å². The topological polar surface area (TPSA) is 94.7 Å². The third-order valence-corrected chi connectivity index (χ3v) is 5.03. The van der Waals surface area contributed by atoms with E-state index in [9.17, 15) is 18.0 Å². The molecule has 7 nitrogen and oxygen atoms in total. The zero-order chi connectivity index (χ0) is 24.1. The molecule has 4 aromatic rings. The van der Waals surface area contributed by atoms with Crippen LogP contribution in [0.2, 0.25) is 0 Å². The van der Waals surface area contributed by atoms with Crippen LogP contribution in [0.5, 0.6) is 0 Å². The van der Waals surface area contributed by atoms with E-state index < -0.39 is 12.7 Å². The predicted octanol–water partition coefficient (Wildman–Crippen LogP) is 5.88. The van der Waals surface area contributed by atoms with Gasteiger partial charge in [-0.2, -0.15) is 23.1 Å². The van der Waals surface area contributed by atoms with E-state index in [0.29, 0.717) is 28.0 Å². The van der Waals surface area contributed by atoms with Crippen molar-refractivity contribution in [1.82, 2.24) is 15.0 Å². The smallest absolute Gasteiger partial charge is 0.360 e. The van der Waals surface area contributed by atoms with Crippen molar-refractivity contribution >= 4 is 40.1 Å². The summed E-state index contributed by atoms with van der Waals surface area (Å²) in [4.78, 5) is 23.9. The number of hydrogen-bond donors (Lipinski definition) is 4. The van der Waals surface area contributed by atoms with Crippen molar-refractivity contribution < 1.29 is 18.0 Å². The van der Waals surface area contributed by atoms with Gasteiger partial charge in [0.15, 0.2) is 0 Å². The molecule has 0 atom stereocenters. The van der Waals surface area contributed by atoms with Crippen LogP contribution in [0.15, 0.2) is 60.8 Å². The minimum atomic E-state index is -4.38. The maximum atomic E-state index is 12.6. The van der Waals surface area contributed by atoms with Gasteiger partial charge in [0, 0.05) is 23.1 Å². The zero-order valence-electron chi connectivity index (χ0n) is 18.3. The maximum Gasteiger partial charge on any atom is 0.405 e. The fourth-order valence-corrected chi connectivity index (χ4v) is 3.40. The molecule has 2 heterocycles. The molecule has 10 heteroatoms. The molecule has 0 unspecified atom stereocenters. The van der Waals surface area contributed by atoms with E-state index in [0.717, 1.165) is 12.8 Å². The summed E-state index contributed by atoms with van der Waals surface area (Å²) < 4.78 is 37.9. The van der Waals surface area contributed by atoms with Crippen LogP contribution < -0.4 is 16.0 Å². The summed E-state index contributed by atoms with van der Waals surface area (Å²) in [5.74, 6) is -0.0755. The predicted molar refractivity (Wildman–Crippen MR) is 127 cm³/mol. The van der Waals surface area contributed by atoms with Crippen LogP contribution in [0.3, 0.4) is 0 Å². The SMILES string of the molecule is CCCc1ccc(NC(=O)c2ccc(Nc3nc(NCC(F)(F)F)c4cc[nH]c4n3)cc2)cc1. The summed E-state index contributed by atoms with van der Waals surface area (Å²) in [5.41, 5.74) is 3.35. The van der Waals surface area contributed by atoms with Gasteiger partial charge in [-0.15, -0.1) is 0 Å². The first kappa shape index (κ1) is 23.1. The second kappa shape index (κ2) is 9.82. The third-order valence-electron chi connectivity index (χ3n) is 5.03. The van der Waals surface area contributed by atoms with Gasteiger partial charge in [-0.25, -0.2) is 0 Å². The van der Waals surface area contributed by atoms with Crippen molar-refractivity contribution in [2.24, 2.45) is 0 Å². The van der Waals surface area contributed by atoms with Gasteiger partial charge in [0.05, 0.1) is 5.39 Å². The number of nitrogens with one attached hydrogen (secondary N) is 4. The normalized spacial score (nSPS) is 11.4. The van der Waals surface area contributed by atoms with Crippen molar-refractivity contribution in [3.05, 3.63) is 71.9 Å². The lowest BCUT2D eigenvalue weighted by Gasteiger charge is -2.12. The van der Waals surface area contributed by atoms with Crippen LogP contribution >= 0.6 is 0 Å². The molecule has 0 bridgehead atoms. The number of carbonyl (C=O) groups is 1. The molecule has 0 spiro atoms. The van der Waals surface area contributed by atoms with Crippen LogP contribution in [0, 0.1) is 0 Å². The molecule has 0 saturated heterocycles. The second-order valence-electron chi connectivity index (χ2n) is 7.71. The van der Waals surface area contributed by atoms with Crippen LogP contribution in [-0.2, 0) is 6.42 Å². The fraction of sp³-hybridized carbons (Fsp3) is 0.208. The Labute approximate surface area is 193 Å². The number of nitrogens with zero attached hydrogens (tertiary/aromatic N) is 2. The second-order valence-corrected chi connectivity index (χ2v) is 7.71. The molecule has 0 fully saturated rings. The third kappa shape index (κ3) is 5.83. The summed E-state index contributed by atoms with van der Waals surface area (Å²) in [6.45, 7) is 0.900. The van der Waals surface area contributed by atoms with E-state index in [-0.39, 0.29) is 17.7 Å².